The summed E-state index contributed by atoms with van der Waals surface area (Å²) in [6.07, 6.45) is 1.44. The number of hydrogen-bond acceptors (Lipinski definition) is 3. The van der Waals surface area contributed by atoms with Gasteiger partial charge in [-0.2, -0.15) is 0 Å². The Hall–Kier alpha value is -3.28. The quantitative estimate of drug-likeness (QED) is 0.549. The fourth-order valence-electron chi connectivity index (χ4n) is 3.83. The largest absolute Gasteiger partial charge is 0.444 e. The van der Waals surface area contributed by atoms with Crippen LogP contribution in [0.4, 0.5) is 4.79 Å². The van der Waals surface area contributed by atoms with E-state index >= 15 is 0 Å². The molecule has 0 radical (unpaired) electrons. The predicted molar refractivity (Wildman–Crippen MR) is 121 cm³/mol. The molecule has 0 bridgehead atoms. The summed E-state index contributed by atoms with van der Waals surface area (Å²) in [5.74, 6) is -0.0659. The Labute approximate surface area is 182 Å². The minimum atomic E-state index is -0.539. The number of hydrogen-bond donors (Lipinski definition) is 3. The number of aromatic amines is 1. The molecule has 0 saturated heterocycles. The van der Waals surface area contributed by atoms with Crippen molar-refractivity contribution in [2.24, 2.45) is 0 Å². The van der Waals surface area contributed by atoms with Crippen molar-refractivity contribution in [1.82, 2.24) is 15.6 Å². The first kappa shape index (κ1) is 21.0. The first-order valence-electron chi connectivity index (χ1n) is 10.6. The van der Waals surface area contributed by atoms with Crippen molar-refractivity contribution in [1.29, 1.82) is 0 Å². The molecule has 162 valence electrons. The van der Waals surface area contributed by atoms with Gasteiger partial charge in [0.05, 0.1) is 12.1 Å². The van der Waals surface area contributed by atoms with Crippen LogP contribution in [0.15, 0.2) is 48.5 Å². The van der Waals surface area contributed by atoms with Gasteiger partial charge in [0.1, 0.15) is 5.60 Å². The number of fused-ring (bicyclic) bond motifs is 1. The maximum atomic E-state index is 13.1. The van der Waals surface area contributed by atoms with E-state index in [1.165, 1.54) is 0 Å². The molecule has 0 atom stereocenters. The van der Waals surface area contributed by atoms with Crippen molar-refractivity contribution in [2.75, 3.05) is 0 Å². The van der Waals surface area contributed by atoms with Crippen molar-refractivity contribution in [3.63, 3.8) is 0 Å². The lowest BCUT2D eigenvalue weighted by atomic mass is 10.0. The van der Waals surface area contributed by atoms with E-state index < -0.39 is 11.7 Å². The fraction of sp³-hybridized carbons (Fsp3) is 0.360. The minimum absolute atomic E-state index is 0.0659. The zero-order chi connectivity index (χ0) is 22.2. The Morgan fingerprint density at radius 2 is 1.81 bits per heavy atom. The molecule has 31 heavy (non-hydrogen) atoms. The Morgan fingerprint density at radius 3 is 2.45 bits per heavy atom. The zero-order valence-corrected chi connectivity index (χ0v) is 18.5. The Bertz CT molecular complexity index is 1120. The molecule has 3 N–H and O–H groups in total. The van der Waals surface area contributed by atoms with Crippen LogP contribution in [-0.2, 0) is 16.8 Å². The summed E-state index contributed by atoms with van der Waals surface area (Å²) in [6, 6.07) is 16.0. The fourth-order valence-corrected chi connectivity index (χ4v) is 3.83. The third-order valence-corrected chi connectivity index (χ3v) is 5.52. The van der Waals surface area contributed by atoms with Gasteiger partial charge in [-0.1, -0.05) is 30.3 Å². The standard InChI is InChI=1S/C25H29N3O3/c1-16-12-17-13-19(15-26-23(30)31-24(2,3)4)27-21(17)14-20(16)22(29)28-25(10-11-25)18-8-6-5-7-9-18/h5-9,12-14,27H,10-11,15H2,1-4H3,(H,26,30)(H,28,29). The molecule has 6 heteroatoms. The molecule has 0 aliphatic heterocycles. The van der Waals surface area contributed by atoms with Crippen LogP contribution >= 0.6 is 0 Å². The highest BCUT2D eigenvalue weighted by Crippen LogP contribution is 2.45. The number of H-pyrrole nitrogens is 1. The Balaban J connectivity index is 1.49. The van der Waals surface area contributed by atoms with Crippen LogP contribution in [0.1, 0.15) is 60.8 Å². The van der Waals surface area contributed by atoms with E-state index in [0.29, 0.717) is 12.1 Å². The van der Waals surface area contributed by atoms with Gasteiger partial charge in [0.25, 0.3) is 5.91 Å². The molecule has 2 aromatic carbocycles. The van der Waals surface area contributed by atoms with Gasteiger partial charge >= 0.3 is 6.09 Å². The summed E-state index contributed by atoms with van der Waals surface area (Å²) < 4.78 is 5.28. The van der Waals surface area contributed by atoms with E-state index in [2.05, 4.69) is 27.8 Å². The molecule has 1 aliphatic rings. The number of nitrogens with one attached hydrogen (secondary N) is 3. The van der Waals surface area contributed by atoms with Gasteiger partial charge in [0, 0.05) is 22.2 Å². The number of alkyl carbamates (subject to hydrolysis) is 1. The van der Waals surface area contributed by atoms with Gasteiger partial charge in [-0.05, 0) is 69.9 Å². The van der Waals surface area contributed by atoms with Crippen LogP contribution in [0.5, 0.6) is 0 Å². The van der Waals surface area contributed by atoms with Crippen LogP contribution in [0, 0.1) is 6.92 Å². The second-order valence-corrected chi connectivity index (χ2v) is 9.31. The number of carbonyl (C=O) groups excluding carboxylic acids is 2. The highest BCUT2D eigenvalue weighted by atomic mass is 16.6. The molecule has 1 aromatic heterocycles. The molecule has 1 fully saturated rings. The lowest BCUT2D eigenvalue weighted by molar-refractivity contribution is 0.0522. The summed E-state index contributed by atoms with van der Waals surface area (Å²) >= 11 is 0. The van der Waals surface area contributed by atoms with Crippen molar-refractivity contribution < 1.29 is 14.3 Å². The number of ether oxygens (including phenoxy) is 1. The third-order valence-electron chi connectivity index (χ3n) is 5.52. The van der Waals surface area contributed by atoms with Crippen LogP contribution in [0.3, 0.4) is 0 Å². The molecule has 0 spiro atoms. The van der Waals surface area contributed by atoms with Gasteiger partial charge < -0.3 is 20.4 Å². The smallest absolute Gasteiger partial charge is 0.407 e. The van der Waals surface area contributed by atoms with Gasteiger partial charge in [0.15, 0.2) is 0 Å². The SMILES string of the molecule is Cc1cc2cc(CNC(=O)OC(C)(C)C)[nH]c2cc1C(=O)NC1(c2ccccc2)CC1. The van der Waals surface area contributed by atoms with Gasteiger partial charge in [-0.15, -0.1) is 0 Å². The van der Waals surface area contributed by atoms with Crippen molar-refractivity contribution >= 4 is 22.9 Å². The van der Waals surface area contributed by atoms with Crippen molar-refractivity contribution in [2.45, 2.75) is 58.2 Å². The van der Waals surface area contributed by atoms with E-state index in [-0.39, 0.29) is 11.4 Å². The second kappa shape index (κ2) is 7.76. The molecule has 0 unspecified atom stereocenters. The maximum Gasteiger partial charge on any atom is 0.407 e. The average Bonchev–Trinajstić information content (AvgIpc) is 3.37. The summed E-state index contributed by atoms with van der Waals surface area (Å²) in [4.78, 5) is 28.3. The number of amides is 2. The topological polar surface area (TPSA) is 83.2 Å². The molecule has 3 aromatic rings. The average molecular weight is 420 g/mol. The number of aromatic nitrogens is 1. The monoisotopic (exact) mass is 419 g/mol. The van der Waals surface area contributed by atoms with Gasteiger partial charge in [-0.25, -0.2) is 4.79 Å². The highest BCUT2D eigenvalue weighted by Gasteiger charge is 2.45. The summed E-state index contributed by atoms with van der Waals surface area (Å²) in [5, 5.41) is 7.00. The molecule has 1 saturated carbocycles. The third kappa shape index (κ3) is 4.74. The van der Waals surface area contributed by atoms with E-state index in [4.69, 9.17) is 4.74 Å². The molecular formula is C25H29N3O3. The van der Waals surface area contributed by atoms with E-state index in [9.17, 15) is 9.59 Å². The molecule has 1 heterocycles. The summed E-state index contributed by atoms with van der Waals surface area (Å²) in [5.41, 5.74) is 3.64. The van der Waals surface area contributed by atoms with Crippen molar-refractivity contribution in [3.05, 3.63) is 70.9 Å². The second-order valence-electron chi connectivity index (χ2n) is 9.31. The zero-order valence-electron chi connectivity index (χ0n) is 18.5. The number of benzene rings is 2. The number of rotatable bonds is 5. The van der Waals surface area contributed by atoms with Crippen molar-refractivity contribution in [3.8, 4) is 0 Å². The molecule has 6 nitrogen and oxygen atoms in total. The lowest BCUT2D eigenvalue weighted by Gasteiger charge is -2.19. The first-order valence-corrected chi connectivity index (χ1v) is 10.6. The predicted octanol–water partition coefficient (Wildman–Crippen LogP) is 4.92. The lowest BCUT2D eigenvalue weighted by Crippen LogP contribution is -2.35. The van der Waals surface area contributed by atoms with Gasteiger partial charge in [-0.3, -0.25) is 4.79 Å². The summed E-state index contributed by atoms with van der Waals surface area (Å²) in [6.45, 7) is 7.75. The van der Waals surface area contributed by atoms with E-state index in [1.807, 2.05) is 64.1 Å². The summed E-state index contributed by atoms with van der Waals surface area (Å²) in [7, 11) is 0. The van der Waals surface area contributed by atoms with Gasteiger partial charge in [0.2, 0.25) is 0 Å². The Kier molecular flexibility index (Phi) is 5.25. The normalized spacial score (nSPS) is 14.8. The number of carbonyl (C=O) groups is 2. The molecular weight excluding hydrogens is 390 g/mol. The molecule has 2 amide bonds. The highest BCUT2D eigenvalue weighted by molar-refractivity contribution is 6.00. The first-order chi connectivity index (χ1) is 14.7. The van der Waals surface area contributed by atoms with E-state index in [0.717, 1.165) is 40.6 Å². The molecule has 1 aliphatic carbocycles. The van der Waals surface area contributed by atoms with Crippen LogP contribution < -0.4 is 10.6 Å². The maximum absolute atomic E-state index is 13.1. The minimum Gasteiger partial charge on any atom is -0.444 e. The number of aryl methyl sites for hydroxylation is 1. The Morgan fingerprint density at radius 1 is 1.10 bits per heavy atom. The van der Waals surface area contributed by atoms with Crippen LogP contribution in [-0.4, -0.2) is 22.6 Å². The van der Waals surface area contributed by atoms with E-state index in [1.54, 1.807) is 0 Å². The van der Waals surface area contributed by atoms with Crippen LogP contribution in [0.2, 0.25) is 0 Å². The molecule has 4 rings (SSSR count). The van der Waals surface area contributed by atoms with Crippen LogP contribution in [0.25, 0.3) is 10.9 Å².